The Hall–Kier alpha value is -2.27. The van der Waals surface area contributed by atoms with E-state index >= 15 is 0 Å². The van der Waals surface area contributed by atoms with E-state index in [0.29, 0.717) is 5.92 Å². The molecule has 2 aromatic carbocycles. The molecule has 3 rings (SSSR count). The smallest absolute Gasteiger partial charge is 0.317 e. The van der Waals surface area contributed by atoms with Crippen molar-refractivity contribution in [1.82, 2.24) is 10.2 Å². The Balaban J connectivity index is 1.61. The van der Waals surface area contributed by atoms with Crippen molar-refractivity contribution in [3.05, 3.63) is 42.0 Å². The van der Waals surface area contributed by atoms with Gasteiger partial charge in [0.15, 0.2) is 0 Å². The number of rotatable bonds is 5. The highest BCUT2D eigenvalue weighted by molar-refractivity contribution is 5.85. The van der Waals surface area contributed by atoms with E-state index in [4.69, 9.17) is 9.84 Å². The summed E-state index contributed by atoms with van der Waals surface area (Å²) in [6.07, 6.45) is 2.79. The van der Waals surface area contributed by atoms with E-state index in [0.717, 1.165) is 54.4 Å². The number of hydrogen-bond donors (Lipinski definition) is 2. The Labute approximate surface area is 155 Å². The van der Waals surface area contributed by atoms with Crippen LogP contribution >= 0.6 is 0 Å². The van der Waals surface area contributed by atoms with Gasteiger partial charge in [0.05, 0.1) is 13.2 Å². The molecule has 5 nitrogen and oxygen atoms in total. The van der Waals surface area contributed by atoms with Gasteiger partial charge >= 0.3 is 6.03 Å². The van der Waals surface area contributed by atoms with Gasteiger partial charge in [-0.05, 0) is 66.6 Å². The van der Waals surface area contributed by atoms with Gasteiger partial charge in [0, 0.05) is 19.7 Å². The first-order valence-corrected chi connectivity index (χ1v) is 9.34. The van der Waals surface area contributed by atoms with Gasteiger partial charge in [-0.1, -0.05) is 18.2 Å². The monoisotopic (exact) mass is 356 g/mol. The van der Waals surface area contributed by atoms with Gasteiger partial charge in [-0.15, -0.1) is 0 Å². The van der Waals surface area contributed by atoms with Crippen LogP contribution in [0.4, 0.5) is 4.79 Å². The second-order valence-corrected chi connectivity index (χ2v) is 7.09. The van der Waals surface area contributed by atoms with Crippen LogP contribution in [-0.2, 0) is 0 Å². The van der Waals surface area contributed by atoms with Crippen molar-refractivity contribution in [2.75, 3.05) is 26.8 Å². The fourth-order valence-electron chi connectivity index (χ4n) is 3.61. The molecule has 1 fully saturated rings. The lowest BCUT2D eigenvalue weighted by Crippen LogP contribution is -2.45. The Kier molecular flexibility index (Phi) is 5.99. The van der Waals surface area contributed by atoms with E-state index in [1.807, 2.05) is 30.0 Å². The summed E-state index contributed by atoms with van der Waals surface area (Å²) in [4.78, 5) is 14.4. The van der Waals surface area contributed by atoms with Gasteiger partial charge in [0.1, 0.15) is 5.75 Å². The number of urea groups is 1. The number of carbonyl (C=O) groups is 1. The molecule has 1 aliphatic heterocycles. The first kappa shape index (κ1) is 18.5. The molecule has 5 heteroatoms. The lowest BCUT2D eigenvalue weighted by atomic mass is 9.94. The van der Waals surface area contributed by atoms with Gasteiger partial charge in [-0.2, -0.15) is 0 Å². The first-order valence-electron chi connectivity index (χ1n) is 9.34. The molecule has 0 aliphatic carbocycles. The molecule has 1 heterocycles. The topological polar surface area (TPSA) is 61.8 Å². The van der Waals surface area contributed by atoms with E-state index in [1.54, 1.807) is 7.11 Å². The molecule has 2 N–H and O–H groups in total. The average Bonchev–Trinajstić information content (AvgIpc) is 2.67. The number of ether oxygens (including phenoxy) is 1. The molecule has 0 unspecified atom stereocenters. The molecule has 1 atom stereocenters. The number of carbonyl (C=O) groups excluding carboxylic acids is 1. The van der Waals surface area contributed by atoms with Crippen molar-refractivity contribution in [1.29, 1.82) is 0 Å². The minimum absolute atomic E-state index is 0.00484. The quantitative estimate of drug-likeness (QED) is 0.858. The summed E-state index contributed by atoms with van der Waals surface area (Å²) in [5.74, 6) is 1.38. The van der Waals surface area contributed by atoms with Crippen LogP contribution in [0.15, 0.2) is 36.4 Å². The zero-order valence-corrected chi connectivity index (χ0v) is 15.6. The van der Waals surface area contributed by atoms with Crippen LogP contribution < -0.4 is 10.1 Å². The maximum atomic E-state index is 12.5. The largest absolute Gasteiger partial charge is 0.497 e. The summed E-state index contributed by atoms with van der Waals surface area (Å²) in [6.45, 7) is 3.78. The Morgan fingerprint density at radius 2 is 1.92 bits per heavy atom. The van der Waals surface area contributed by atoms with E-state index in [9.17, 15) is 4.79 Å². The second-order valence-electron chi connectivity index (χ2n) is 7.09. The molecule has 26 heavy (non-hydrogen) atoms. The summed E-state index contributed by atoms with van der Waals surface area (Å²) >= 11 is 0. The van der Waals surface area contributed by atoms with Crippen LogP contribution in [0, 0.1) is 5.92 Å². The number of fused-ring (bicyclic) bond motifs is 1. The summed E-state index contributed by atoms with van der Waals surface area (Å²) in [5, 5.41) is 14.4. The van der Waals surface area contributed by atoms with Crippen molar-refractivity contribution in [2.24, 2.45) is 5.92 Å². The zero-order chi connectivity index (χ0) is 18.5. The van der Waals surface area contributed by atoms with Crippen LogP contribution in [0.3, 0.4) is 0 Å². The minimum atomic E-state index is -0.0517. The molecule has 0 saturated carbocycles. The second kappa shape index (κ2) is 8.41. The van der Waals surface area contributed by atoms with Gasteiger partial charge in [0.2, 0.25) is 0 Å². The van der Waals surface area contributed by atoms with Crippen LogP contribution in [0.5, 0.6) is 5.75 Å². The molecule has 0 spiro atoms. The fourth-order valence-corrected chi connectivity index (χ4v) is 3.61. The number of piperidine rings is 1. The standard InChI is InChI=1S/C21H28N2O3/c1-15(22-21(25)23-10-7-16(8-11-23)9-12-24)17-3-4-19-14-20(26-2)6-5-18(19)13-17/h3-6,13-16,24H,7-12H2,1-2H3,(H,22,25)/t15-/m0/s1. The van der Waals surface area contributed by atoms with E-state index in [1.165, 1.54) is 0 Å². The third kappa shape index (κ3) is 4.28. The van der Waals surface area contributed by atoms with Gasteiger partial charge < -0.3 is 20.1 Å². The van der Waals surface area contributed by atoms with E-state index in [2.05, 4.69) is 23.5 Å². The van der Waals surface area contributed by atoms with Crippen molar-refractivity contribution < 1.29 is 14.6 Å². The van der Waals surface area contributed by atoms with Gasteiger partial charge in [-0.25, -0.2) is 4.79 Å². The minimum Gasteiger partial charge on any atom is -0.497 e. The van der Waals surface area contributed by atoms with Gasteiger partial charge in [0.25, 0.3) is 0 Å². The predicted octanol–water partition coefficient (Wildman–Crippen LogP) is 3.71. The Morgan fingerprint density at radius 1 is 1.23 bits per heavy atom. The highest BCUT2D eigenvalue weighted by Crippen LogP contribution is 2.25. The third-order valence-electron chi connectivity index (χ3n) is 5.35. The van der Waals surface area contributed by atoms with Crippen molar-refractivity contribution in [3.63, 3.8) is 0 Å². The summed E-state index contributed by atoms with van der Waals surface area (Å²) < 4.78 is 5.27. The molecule has 140 valence electrons. The highest BCUT2D eigenvalue weighted by atomic mass is 16.5. The molecule has 0 aromatic heterocycles. The lowest BCUT2D eigenvalue weighted by molar-refractivity contribution is 0.155. The number of nitrogens with one attached hydrogen (secondary N) is 1. The van der Waals surface area contributed by atoms with Crippen LogP contribution in [0.2, 0.25) is 0 Å². The number of aliphatic hydroxyl groups excluding tert-OH is 1. The zero-order valence-electron chi connectivity index (χ0n) is 15.6. The number of methoxy groups -OCH3 is 1. The molecule has 2 amide bonds. The molecule has 1 saturated heterocycles. The number of nitrogens with zero attached hydrogens (tertiary/aromatic N) is 1. The fraction of sp³-hybridized carbons (Fsp3) is 0.476. The van der Waals surface area contributed by atoms with E-state index < -0.39 is 0 Å². The maximum Gasteiger partial charge on any atom is 0.317 e. The maximum absolute atomic E-state index is 12.5. The van der Waals surface area contributed by atoms with Crippen molar-refractivity contribution in [2.45, 2.75) is 32.2 Å². The number of likely N-dealkylation sites (tertiary alicyclic amines) is 1. The van der Waals surface area contributed by atoms with Gasteiger partial charge in [-0.3, -0.25) is 0 Å². The van der Waals surface area contributed by atoms with Crippen molar-refractivity contribution >= 4 is 16.8 Å². The molecule has 0 radical (unpaired) electrons. The molecule has 1 aliphatic rings. The van der Waals surface area contributed by atoms with Crippen LogP contribution in [-0.4, -0.2) is 42.8 Å². The number of hydrogen-bond acceptors (Lipinski definition) is 3. The summed E-state index contributed by atoms with van der Waals surface area (Å²) in [6, 6.07) is 12.2. The normalized spacial score (nSPS) is 16.5. The Bertz CT molecular complexity index is 754. The molecular weight excluding hydrogens is 328 g/mol. The first-order chi connectivity index (χ1) is 12.6. The third-order valence-corrected chi connectivity index (χ3v) is 5.35. The number of aliphatic hydroxyl groups is 1. The summed E-state index contributed by atoms with van der Waals surface area (Å²) in [5.41, 5.74) is 1.09. The number of benzene rings is 2. The lowest BCUT2D eigenvalue weighted by Gasteiger charge is -2.32. The molecule has 2 aromatic rings. The SMILES string of the molecule is COc1ccc2cc([C@H](C)NC(=O)N3CCC(CCO)CC3)ccc2c1. The van der Waals surface area contributed by atoms with Crippen molar-refractivity contribution in [3.8, 4) is 5.75 Å². The Morgan fingerprint density at radius 3 is 2.62 bits per heavy atom. The predicted molar refractivity (Wildman–Crippen MR) is 103 cm³/mol. The van der Waals surface area contributed by atoms with Crippen LogP contribution in [0.1, 0.15) is 37.8 Å². The average molecular weight is 356 g/mol. The van der Waals surface area contributed by atoms with E-state index in [-0.39, 0.29) is 18.7 Å². The molecule has 0 bridgehead atoms. The highest BCUT2D eigenvalue weighted by Gasteiger charge is 2.23. The summed E-state index contributed by atoms with van der Waals surface area (Å²) in [7, 11) is 1.67. The molecular formula is C21H28N2O3. The number of amides is 2. The van der Waals surface area contributed by atoms with Crippen LogP contribution in [0.25, 0.3) is 10.8 Å².